The molecule has 0 aliphatic heterocycles. The van der Waals surface area contributed by atoms with Gasteiger partial charge in [-0.05, 0) is 31.2 Å². The Morgan fingerprint density at radius 1 is 1.41 bits per heavy atom. The molecule has 1 aliphatic carbocycles. The maximum Gasteiger partial charge on any atom is 0.317 e. The Balaban J connectivity index is 2.07. The lowest BCUT2D eigenvalue weighted by molar-refractivity contribution is 0.169. The predicted octanol–water partition coefficient (Wildman–Crippen LogP) is 2.63. The summed E-state index contributed by atoms with van der Waals surface area (Å²) < 4.78 is 0. The number of benzene rings is 1. The molecule has 2 amide bonds. The van der Waals surface area contributed by atoms with Gasteiger partial charge in [0.25, 0.3) is 0 Å². The summed E-state index contributed by atoms with van der Waals surface area (Å²) >= 11 is 0. The highest BCUT2D eigenvalue weighted by atomic mass is 16.2. The zero-order valence-corrected chi connectivity index (χ0v) is 10.5. The third-order valence-electron chi connectivity index (χ3n) is 3.47. The van der Waals surface area contributed by atoms with E-state index in [1.165, 1.54) is 18.4 Å². The molecule has 0 aromatic heterocycles. The van der Waals surface area contributed by atoms with Crippen LogP contribution in [-0.2, 0) is 6.54 Å². The molecule has 0 spiro atoms. The molecule has 1 aromatic rings. The fourth-order valence-corrected chi connectivity index (χ4v) is 2.16. The van der Waals surface area contributed by atoms with Gasteiger partial charge in [-0.1, -0.05) is 30.3 Å². The largest absolute Gasteiger partial charge is 0.341 e. The first-order chi connectivity index (χ1) is 8.22. The predicted molar refractivity (Wildman–Crippen MR) is 68.6 cm³/mol. The fourth-order valence-electron chi connectivity index (χ4n) is 2.16. The molecular weight excluding hydrogens is 212 g/mol. The molecule has 0 radical (unpaired) electrons. The van der Waals surface area contributed by atoms with Crippen LogP contribution in [-0.4, -0.2) is 24.0 Å². The molecule has 1 fully saturated rings. The van der Waals surface area contributed by atoms with Crippen LogP contribution in [0, 0.1) is 5.92 Å². The van der Waals surface area contributed by atoms with Gasteiger partial charge in [-0.15, -0.1) is 0 Å². The van der Waals surface area contributed by atoms with Gasteiger partial charge in [0, 0.05) is 19.6 Å². The van der Waals surface area contributed by atoms with Gasteiger partial charge in [-0.3, -0.25) is 0 Å². The van der Waals surface area contributed by atoms with E-state index in [0.29, 0.717) is 18.5 Å². The maximum absolute atomic E-state index is 11.9. The molecule has 17 heavy (non-hydrogen) atoms. The molecule has 1 aromatic carbocycles. The average molecular weight is 232 g/mol. The van der Waals surface area contributed by atoms with Crippen molar-refractivity contribution in [1.29, 1.82) is 0 Å². The van der Waals surface area contributed by atoms with Crippen molar-refractivity contribution in [2.45, 2.75) is 32.4 Å². The van der Waals surface area contributed by atoms with E-state index in [0.717, 1.165) is 0 Å². The van der Waals surface area contributed by atoms with E-state index in [1.54, 1.807) is 7.05 Å². The summed E-state index contributed by atoms with van der Waals surface area (Å²) in [5.74, 6) is 0.691. The lowest BCUT2D eigenvalue weighted by Gasteiger charge is -2.29. The van der Waals surface area contributed by atoms with E-state index >= 15 is 0 Å². The number of amides is 2. The number of nitrogens with zero attached hydrogens (tertiary/aromatic N) is 1. The van der Waals surface area contributed by atoms with Gasteiger partial charge in [-0.2, -0.15) is 0 Å². The molecule has 1 N–H and O–H groups in total. The minimum absolute atomic E-state index is 0.0215. The molecule has 3 heteroatoms. The number of rotatable bonds is 4. The lowest BCUT2D eigenvalue weighted by Crippen LogP contribution is -2.44. The minimum Gasteiger partial charge on any atom is -0.341 e. The maximum atomic E-state index is 11.9. The van der Waals surface area contributed by atoms with Crippen molar-refractivity contribution in [2.75, 3.05) is 7.05 Å². The van der Waals surface area contributed by atoms with E-state index in [-0.39, 0.29) is 6.03 Å². The molecule has 2 rings (SSSR count). The van der Waals surface area contributed by atoms with Gasteiger partial charge in [0.15, 0.2) is 0 Å². The molecule has 1 atom stereocenters. The Bertz CT molecular complexity index is 373. The first kappa shape index (κ1) is 12.0. The number of hydrogen-bond donors (Lipinski definition) is 1. The Labute approximate surface area is 103 Å². The number of urea groups is 1. The summed E-state index contributed by atoms with van der Waals surface area (Å²) in [4.78, 5) is 13.8. The molecule has 1 saturated carbocycles. The quantitative estimate of drug-likeness (QED) is 0.850. The molecular formula is C14H20N2O. The van der Waals surface area contributed by atoms with Crippen LogP contribution in [0.1, 0.15) is 25.3 Å². The van der Waals surface area contributed by atoms with Crippen molar-refractivity contribution >= 4 is 6.03 Å². The van der Waals surface area contributed by atoms with Crippen molar-refractivity contribution in [3.05, 3.63) is 35.9 Å². The molecule has 92 valence electrons. The molecule has 0 saturated heterocycles. The SMILES string of the molecule is CNC(=O)N(Cc1ccccc1)[C@H](C)C1CC1. The third-order valence-corrected chi connectivity index (χ3v) is 3.47. The van der Waals surface area contributed by atoms with Gasteiger partial charge in [0.2, 0.25) is 0 Å². The standard InChI is InChI=1S/C14H20N2O/c1-11(13-8-9-13)16(14(17)15-2)10-12-6-4-3-5-7-12/h3-7,11,13H,8-10H2,1-2H3,(H,15,17)/t11-/m1/s1. The number of carbonyl (C=O) groups excluding carboxylic acids is 1. The molecule has 1 aliphatic rings. The van der Waals surface area contributed by atoms with Gasteiger partial charge >= 0.3 is 6.03 Å². The van der Waals surface area contributed by atoms with E-state index < -0.39 is 0 Å². The average Bonchev–Trinajstić information content (AvgIpc) is 3.20. The summed E-state index contributed by atoms with van der Waals surface area (Å²) in [5.41, 5.74) is 1.18. The minimum atomic E-state index is 0.0215. The highest BCUT2D eigenvalue weighted by Crippen LogP contribution is 2.35. The number of hydrogen-bond acceptors (Lipinski definition) is 1. The van der Waals surface area contributed by atoms with Gasteiger partial charge < -0.3 is 10.2 Å². The number of carbonyl (C=O) groups is 1. The monoisotopic (exact) mass is 232 g/mol. The highest BCUT2D eigenvalue weighted by molar-refractivity contribution is 5.74. The second-order valence-corrected chi connectivity index (χ2v) is 4.75. The van der Waals surface area contributed by atoms with Crippen molar-refractivity contribution in [3.63, 3.8) is 0 Å². The third kappa shape index (κ3) is 2.99. The van der Waals surface area contributed by atoms with Crippen LogP contribution in [0.3, 0.4) is 0 Å². The zero-order valence-electron chi connectivity index (χ0n) is 10.5. The Kier molecular flexibility index (Phi) is 3.67. The van der Waals surface area contributed by atoms with E-state index in [4.69, 9.17) is 0 Å². The summed E-state index contributed by atoms with van der Waals surface area (Å²) in [7, 11) is 1.69. The Morgan fingerprint density at radius 2 is 2.06 bits per heavy atom. The van der Waals surface area contributed by atoms with Crippen molar-refractivity contribution in [2.24, 2.45) is 5.92 Å². The highest BCUT2D eigenvalue weighted by Gasteiger charge is 2.33. The second kappa shape index (κ2) is 5.21. The van der Waals surface area contributed by atoms with Crippen molar-refractivity contribution < 1.29 is 4.79 Å². The first-order valence-corrected chi connectivity index (χ1v) is 6.24. The van der Waals surface area contributed by atoms with Gasteiger partial charge in [0.1, 0.15) is 0 Å². The normalized spacial score (nSPS) is 16.4. The van der Waals surface area contributed by atoms with Crippen LogP contribution < -0.4 is 5.32 Å². The Hall–Kier alpha value is -1.51. The molecule has 0 bridgehead atoms. The fraction of sp³-hybridized carbons (Fsp3) is 0.500. The smallest absolute Gasteiger partial charge is 0.317 e. The van der Waals surface area contributed by atoms with Crippen LogP contribution in [0.15, 0.2) is 30.3 Å². The summed E-state index contributed by atoms with van der Waals surface area (Å²) in [6.07, 6.45) is 2.51. The van der Waals surface area contributed by atoms with E-state index in [9.17, 15) is 4.79 Å². The van der Waals surface area contributed by atoms with Crippen LogP contribution >= 0.6 is 0 Å². The summed E-state index contributed by atoms with van der Waals surface area (Å²) in [6.45, 7) is 2.84. The zero-order chi connectivity index (χ0) is 12.3. The van der Waals surface area contributed by atoms with Gasteiger partial charge in [-0.25, -0.2) is 4.79 Å². The summed E-state index contributed by atoms with van der Waals surface area (Å²) in [6, 6.07) is 10.5. The Morgan fingerprint density at radius 3 is 2.59 bits per heavy atom. The number of nitrogens with one attached hydrogen (secondary N) is 1. The summed E-state index contributed by atoms with van der Waals surface area (Å²) in [5, 5.41) is 2.74. The molecule has 0 heterocycles. The van der Waals surface area contributed by atoms with Crippen LogP contribution in [0.2, 0.25) is 0 Å². The van der Waals surface area contributed by atoms with E-state index in [1.807, 2.05) is 23.1 Å². The van der Waals surface area contributed by atoms with E-state index in [2.05, 4.69) is 24.4 Å². The van der Waals surface area contributed by atoms with Gasteiger partial charge in [0.05, 0.1) is 0 Å². The second-order valence-electron chi connectivity index (χ2n) is 4.75. The van der Waals surface area contributed by atoms with Crippen LogP contribution in [0.25, 0.3) is 0 Å². The molecule has 0 unspecified atom stereocenters. The van der Waals surface area contributed by atoms with Crippen molar-refractivity contribution in [1.82, 2.24) is 10.2 Å². The molecule has 3 nitrogen and oxygen atoms in total. The first-order valence-electron chi connectivity index (χ1n) is 6.24. The van der Waals surface area contributed by atoms with Crippen molar-refractivity contribution in [3.8, 4) is 0 Å². The van der Waals surface area contributed by atoms with Crippen LogP contribution in [0.4, 0.5) is 4.79 Å². The topological polar surface area (TPSA) is 32.3 Å². The van der Waals surface area contributed by atoms with Crippen LogP contribution in [0.5, 0.6) is 0 Å². The lowest BCUT2D eigenvalue weighted by atomic mass is 10.1.